The van der Waals surface area contributed by atoms with Crippen LogP contribution in [0.25, 0.3) is 0 Å². The number of aryl methyl sites for hydroxylation is 2. The highest BCUT2D eigenvalue weighted by molar-refractivity contribution is 6.01. The van der Waals surface area contributed by atoms with E-state index < -0.39 is 0 Å². The van der Waals surface area contributed by atoms with Crippen molar-refractivity contribution in [2.75, 3.05) is 5.32 Å². The van der Waals surface area contributed by atoms with Crippen molar-refractivity contribution in [2.45, 2.75) is 20.4 Å². The number of hydrogen-bond donors (Lipinski definition) is 1. The predicted octanol–water partition coefficient (Wildman–Crippen LogP) is 2.18. The summed E-state index contributed by atoms with van der Waals surface area (Å²) in [6.45, 7) is 4.17. The molecule has 0 aromatic carbocycles. The van der Waals surface area contributed by atoms with Crippen LogP contribution in [0.4, 0.5) is 5.95 Å². The summed E-state index contributed by atoms with van der Waals surface area (Å²) in [7, 11) is 0. The van der Waals surface area contributed by atoms with Gasteiger partial charge in [-0.25, -0.2) is 9.97 Å². The molecular weight excluding hydrogens is 282 g/mol. The number of nitrogens with one attached hydrogen (secondary N) is 1. The van der Waals surface area contributed by atoms with Gasteiger partial charge in [0, 0.05) is 23.8 Å². The van der Waals surface area contributed by atoms with Gasteiger partial charge in [-0.1, -0.05) is 0 Å². The predicted molar refractivity (Wildman–Crippen MR) is 79.5 cm³/mol. The van der Waals surface area contributed by atoms with Crippen LogP contribution in [-0.4, -0.2) is 25.7 Å². The van der Waals surface area contributed by atoms with E-state index >= 15 is 0 Å². The molecule has 0 bridgehead atoms. The van der Waals surface area contributed by atoms with Crippen molar-refractivity contribution in [3.05, 3.63) is 59.6 Å². The van der Waals surface area contributed by atoms with Crippen LogP contribution in [0.2, 0.25) is 0 Å². The first-order chi connectivity index (χ1) is 10.6. The lowest BCUT2D eigenvalue weighted by Gasteiger charge is -2.04. The van der Waals surface area contributed by atoms with Crippen LogP contribution in [0.5, 0.6) is 0 Å². The normalized spacial score (nSPS) is 10.6. The molecule has 3 heterocycles. The Kier molecular flexibility index (Phi) is 3.69. The molecule has 7 heteroatoms. The molecule has 22 heavy (non-hydrogen) atoms. The molecule has 0 unspecified atom stereocenters. The van der Waals surface area contributed by atoms with Gasteiger partial charge in [-0.3, -0.25) is 14.8 Å². The van der Waals surface area contributed by atoms with E-state index in [0.29, 0.717) is 12.3 Å². The van der Waals surface area contributed by atoms with Gasteiger partial charge >= 0.3 is 0 Å². The second kappa shape index (κ2) is 5.80. The fourth-order valence-corrected chi connectivity index (χ4v) is 2.08. The Morgan fingerprint density at radius 3 is 2.73 bits per heavy atom. The van der Waals surface area contributed by atoms with Crippen LogP contribution in [0.15, 0.2) is 41.1 Å². The minimum Gasteiger partial charge on any atom is -0.454 e. The van der Waals surface area contributed by atoms with Crippen molar-refractivity contribution in [3.63, 3.8) is 0 Å². The third kappa shape index (κ3) is 3.20. The molecule has 0 aliphatic rings. The van der Waals surface area contributed by atoms with E-state index in [-0.39, 0.29) is 17.6 Å². The second-order valence-electron chi connectivity index (χ2n) is 4.90. The number of aromatic nitrogens is 4. The second-order valence-corrected chi connectivity index (χ2v) is 4.90. The minimum absolute atomic E-state index is 0.213. The standard InChI is InChI=1S/C15H15N5O2/c1-10-8-11(2)18-15(17-10)19-14(21)13-5-4-12(22-13)9-20-7-3-6-16-20/h3-8H,9H2,1-2H3,(H,17,18,19,21). The van der Waals surface area contributed by atoms with Crippen molar-refractivity contribution >= 4 is 11.9 Å². The molecule has 0 aliphatic carbocycles. The number of anilines is 1. The highest BCUT2D eigenvalue weighted by Gasteiger charge is 2.13. The lowest BCUT2D eigenvalue weighted by atomic mass is 10.3. The fourth-order valence-electron chi connectivity index (χ4n) is 2.08. The monoisotopic (exact) mass is 297 g/mol. The van der Waals surface area contributed by atoms with Crippen molar-refractivity contribution in [1.29, 1.82) is 0 Å². The van der Waals surface area contributed by atoms with Gasteiger partial charge in [-0.15, -0.1) is 0 Å². The summed E-state index contributed by atoms with van der Waals surface area (Å²) in [5.74, 6) is 0.754. The molecule has 0 aliphatic heterocycles. The molecule has 0 saturated carbocycles. The van der Waals surface area contributed by atoms with Crippen molar-refractivity contribution < 1.29 is 9.21 Å². The summed E-state index contributed by atoms with van der Waals surface area (Å²) in [6, 6.07) is 7.04. The number of rotatable bonds is 4. The Morgan fingerprint density at radius 1 is 1.27 bits per heavy atom. The zero-order valence-corrected chi connectivity index (χ0v) is 12.3. The number of amides is 1. The SMILES string of the molecule is Cc1cc(C)nc(NC(=O)c2ccc(Cn3cccn3)o2)n1. The third-order valence-corrected chi connectivity index (χ3v) is 2.97. The molecule has 3 rings (SSSR count). The van der Waals surface area contributed by atoms with E-state index in [1.54, 1.807) is 23.0 Å². The smallest absolute Gasteiger partial charge is 0.293 e. The Hall–Kier alpha value is -2.96. The van der Waals surface area contributed by atoms with Crippen LogP contribution >= 0.6 is 0 Å². The first kappa shape index (κ1) is 14.0. The molecule has 0 saturated heterocycles. The van der Waals surface area contributed by atoms with Gasteiger partial charge < -0.3 is 4.42 Å². The number of nitrogens with zero attached hydrogens (tertiary/aromatic N) is 4. The van der Waals surface area contributed by atoms with E-state index in [9.17, 15) is 4.79 Å². The molecule has 0 radical (unpaired) electrons. The average molecular weight is 297 g/mol. The van der Waals surface area contributed by atoms with Gasteiger partial charge in [0.25, 0.3) is 5.91 Å². The van der Waals surface area contributed by atoms with Crippen molar-refractivity contribution in [1.82, 2.24) is 19.7 Å². The summed E-state index contributed by atoms with van der Waals surface area (Å²) in [6.07, 6.45) is 3.51. The Morgan fingerprint density at radius 2 is 2.05 bits per heavy atom. The molecule has 0 fully saturated rings. The molecule has 1 amide bonds. The van der Waals surface area contributed by atoms with Crippen LogP contribution in [0.3, 0.4) is 0 Å². The maximum atomic E-state index is 12.1. The fraction of sp³-hybridized carbons (Fsp3) is 0.200. The van der Waals surface area contributed by atoms with E-state index in [4.69, 9.17) is 4.42 Å². The number of carbonyl (C=O) groups excluding carboxylic acids is 1. The van der Waals surface area contributed by atoms with Crippen molar-refractivity contribution in [3.8, 4) is 0 Å². The Labute approximate surface area is 127 Å². The summed E-state index contributed by atoms with van der Waals surface area (Å²) >= 11 is 0. The maximum Gasteiger partial charge on any atom is 0.293 e. The first-order valence-corrected chi connectivity index (χ1v) is 6.80. The Balaban J connectivity index is 1.71. The van der Waals surface area contributed by atoms with Crippen LogP contribution in [0, 0.1) is 13.8 Å². The zero-order chi connectivity index (χ0) is 15.5. The number of furan rings is 1. The van der Waals surface area contributed by atoms with E-state index in [2.05, 4.69) is 20.4 Å². The first-order valence-electron chi connectivity index (χ1n) is 6.80. The lowest BCUT2D eigenvalue weighted by molar-refractivity contribution is 0.0994. The maximum absolute atomic E-state index is 12.1. The van der Waals surface area contributed by atoms with Crippen LogP contribution in [0.1, 0.15) is 27.7 Å². The largest absolute Gasteiger partial charge is 0.454 e. The van der Waals surface area contributed by atoms with Gasteiger partial charge in [-0.05, 0) is 38.1 Å². The summed E-state index contributed by atoms with van der Waals surface area (Å²) in [5, 5.41) is 6.72. The highest BCUT2D eigenvalue weighted by Crippen LogP contribution is 2.12. The molecule has 3 aromatic heterocycles. The molecule has 0 atom stereocenters. The van der Waals surface area contributed by atoms with Gasteiger partial charge in [0.1, 0.15) is 5.76 Å². The Bertz CT molecular complexity index is 772. The topological polar surface area (TPSA) is 85.8 Å². The van der Waals surface area contributed by atoms with Crippen LogP contribution in [-0.2, 0) is 6.54 Å². The average Bonchev–Trinajstić information content (AvgIpc) is 3.09. The number of carbonyl (C=O) groups is 1. The van der Waals surface area contributed by atoms with Gasteiger partial charge in [0.15, 0.2) is 5.76 Å². The lowest BCUT2D eigenvalue weighted by Crippen LogP contribution is -2.14. The quantitative estimate of drug-likeness (QED) is 0.797. The van der Waals surface area contributed by atoms with Crippen molar-refractivity contribution in [2.24, 2.45) is 0 Å². The summed E-state index contributed by atoms with van der Waals surface area (Å²) in [4.78, 5) is 20.5. The minimum atomic E-state index is -0.378. The molecule has 3 aromatic rings. The molecule has 0 spiro atoms. The van der Waals surface area contributed by atoms with Gasteiger partial charge in [-0.2, -0.15) is 5.10 Å². The summed E-state index contributed by atoms with van der Waals surface area (Å²) in [5.41, 5.74) is 1.59. The van der Waals surface area contributed by atoms with E-state index in [0.717, 1.165) is 11.4 Å². The van der Waals surface area contributed by atoms with Gasteiger partial charge in [0.05, 0.1) is 6.54 Å². The number of hydrogen-bond acceptors (Lipinski definition) is 5. The highest BCUT2D eigenvalue weighted by atomic mass is 16.4. The zero-order valence-electron chi connectivity index (χ0n) is 12.3. The third-order valence-electron chi connectivity index (χ3n) is 2.97. The van der Waals surface area contributed by atoms with E-state index in [1.807, 2.05) is 32.2 Å². The van der Waals surface area contributed by atoms with Gasteiger partial charge in [0.2, 0.25) is 5.95 Å². The molecule has 112 valence electrons. The summed E-state index contributed by atoms with van der Waals surface area (Å²) < 4.78 is 7.24. The molecule has 1 N–H and O–H groups in total. The molecule has 7 nitrogen and oxygen atoms in total. The van der Waals surface area contributed by atoms with Crippen LogP contribution < -0.4 is 5.32 Å². The molecular formula is C15H15N5O2. The van der Waals surface area contributed by atoms with E-state index in [1.165, 1.54) is 0 Å².